The van der Waals surface area contributed by atoms with E-state index in [4.69, 9.17) is 11.2 Å². The van der Waals surface area contributed by atoms with E-state index < -0.39 is 29.7 Å². The van der Waals surface area contributed by atoms with Gasteiger partial charge in [0.1, 0.15) is 12.6 Å². The van der Waals surface area contributed by atoms with Crippen LogP contribution in [0, 0.1) is 12.3 Å². The summed E-state index contributed by atoms with van der Waals surface area (Å²) in [7, 11) is 0. The zero-order chi connectivity index (χ0) is 18.7. The highest BCUT2D eigenvalue weighted by Crippen LogP contribution is 2.29. The predicted octanol–water partition coefficient (Wildman–Crippen LogP) is 0.150. The van der Waals surface area contributed by atoms with Crippen molar-refractivity contribution < 1.29 is 23.9 Å². The van der Waals surface area contributed by atoms with Gasteiger partial charge in [0, 0.05) is 18.7 Å². The lowest BCUT2D eigenvalue weighted by molar-refractivity contribution is -0.136. The van der Waals surface area contributed by atoms with E-state index >= 15 is 0 Å². The molecule has 0 saturated carbocycles. The van der Waals surface area contributed by atoms with Crippen LogP contribution in [0.25, 0.3) is 0 Å². The van der Waals surface area contributed by atoms with Crippen LogP contribution in [0.15, 0.2) is 18.2 Å². The Balaban J connectivity index is 1.72. The topological polar surface area (TPSA) is 105 Å². The number of hydrogen-bond donors (Lipinski definition) is 2. The molecule has 1 atom stereocenters. The van der Waals surface area contributed by atoms with Gasteiger partial charge in [0.25, 0.3) is 11.8 Å². The van der Waals surface area contributed by atoms with Gasteiger partial charge in [-0.2, -0.15) is 0 Å². The number of terminal acetylenes is 1. The van der Waals surface area contributed by atoms with E-state index in [2.05, 4.69) is 16.6 Å². The van der Waals surface area contributed by atoms with E-state index in [-0.39, 0.29) is 30.6 Å². The number of imide groups is 2. The monoisotopic (exact) mass is 355 g/mol. The molecule has 0 spiro atoms. The molecule has 1 unspecified atom stereocenters. The summed E-state index contributed by atoms with van der Waals surface area (Å²) in [5.41, 5.74) is 1.13. The fraction of sp³-hybridized carbons (Fsp3) is 0.333. The van der Waals surface area contributed by atoms with Gasteiger partial charge in [-0.25, -0.2) is 0 Å². The summed E-state index contributed by atoms with van der Waals surface area (Å²) in [4.78, 5) is 49.4. The molecular formula is C18H17N3O5. The minimum atomic E-state index is -0.964. The quantitative estimate of drug-likeness (QED) is 0.428. The molecule has 0 radical (unpaired) electrons. The van der Waals surface area contributed by atoms with Crippen LogP contribution in [0.1, 0.15) is 33.6 Å². The van der Waals surface area contributed by atoms with Crippen molar-refractivity contribution in [2.75, 3.05) is 25.1 Å². The first-order valence-corrected chi connectivity index (χ1v) is 8.13. The number of rotatable bonds is 6. The number of nitrogens with one attached hydrogen (secondary N) is 2. The highest BCUT2D eigenvalue weighted by atomic mass is 16.5. The van der Waals surface area contributed by atoms with Gasteiger partial charge in [0.05, 0.1) is 17.7 Å². The molecule has 2 aliphatic heterocycles. The van der Waals surface area contributed by atoms with Gasteiger partial charge in [-0.05, 0) is 24.6 Å². The normalized spacial score (nSPS) is 19.2. The molecule has 1 fully saturated rings. The number of hydrogen-bond acceptors (Lipinski definition) is 6. The van der Waals surface area contributed by atoms with Crippen molar-refractivity contribution >= 4 is 29.3 Å². The Morgan fingerprint density at radius 3 is 2.73 bits per heavy atom. The molecule has 1 saturated heterocycles. The van der Waals surface area contributed by atoms with Crippen LogP contribution in [0.5, 0.6) is 0 Å². The Morgan fingerprint density at radius 1 is 1.23 bits per heavy atom. The van der Waals surface area contributed by atoms with Gasteiger partial charge in [-0.1, -0.05) is 5.92 Å². The lowest BCUT2D eigenvalue weighted by atomic mass is 10.0. The molecule has 0 bridgehead atoms. The zero-order valence-corrected chi connectivity index (χ0v) is 13.9. The molecule has 8 heteroatoms. The summed E-state index contributed by atoms with van der Waals surface area (Å²) in [5, 5.41) is 5.24. The summed E-state index contributed by atoms with van der Waals surface area (Å²) in [6.45, 7) is 1.11. The minimum Gasteiger partial charge on any atom is -0.383 e. The molecule has 0 aromatic heterocycles. The largest absolute Gasteiger partial charge is 0.383 e. The number of carbonyl (C=O) groups excluding carboxylic acids is 4. The van der Waals surface area contributed by atoms with Gasteiger partial charge < -0.3 is 10.1 Å². The molecule has 3 rings (SSSR count). The van der Waals surface area contributed by atoms with Gasteiger partial charge in [-0.3, -0.25) is 29.4 Å². The Kier molecular flexibility index (Phi) is 5.00. The average Bonchev–Trinajstić information content (AvgIpc) is 2.86. The maximum absolute atomic E-state index is 12.7. The van der Waals surface area contributed by atoms with Crippen molar-refractivity contribution in [1.29, 1.82) is 0 Å². The molecule has 4 amide bonds. The third kappa shape index (κ3) is 3.30. The molecule has 2 heterocycles. The Bertz CT molecular complexity index is 827. The maximum Gasteiger partial charge on any atom is 0.262 e. The standard InChI is InChI=1S/C18H17N3O5/c1-2-8-26-9-7-19-11-3-4-12-13(10-11)18(25)21(17(12)24)14-5-6-15(22)20-16(14)23/h1,3-4,10,14,19H,5-9H2,(H,20,22,23). The van der Waals surface area contributed by atoms with E-state index in [9.17, 15) is 19.2 Å². The second-order valence-corrected chi connectivity index (χ2v) is 5.89. The van der Waals surface area contributed by atoms with Gasteiger partial charge >= 0.3 is 0 Å². The second-order valence-electron chi connectivity index (χ2n) is 5.89. The first-order valence-electron chi connectivity index (χ1n) is 8.13. The van der Waals surface area contributed by atoms with Gasteiger partial charge in [0.2, 0.25) is 11.8 Å². The average molecular weight is 355 g/mol. The third-order valence-corrected chi connectivity index (χ3v) is 4.20. The van der Waals surface area contributed by atoms with E-state index in [0.717, 1.165) is 4.90 Å². The lowest BCUT2D eigenvalue weighted by Gasteiger charge is -2.27. The van der Waals surface area contributed by atoms with Crippen LogP contribution in [0.3, 0.4) is 0 Å². The third-order valence-electron chi connectivity index (χ3n) is 4.20. The number of benzene rings is 1. The van der Waals surface area contributed by atoms with Crippen LogP contribution in [0.4, 0.5) is 5.69 Å². The zero-order valence-electron chi connectivity index (χ0n) is 13.9. The second kappa shape index (κ2) is 7.37. The highest BCUT2D eigenvalue weighted by molar-refractivity contribution is 6.23. The number of fused-ring (bicyclic) bond motifs is 1. The Hall–Kier alpha value is -3.18. The first-order chi connectivity index (χ1) is 12.5. The number of piperidine rings is 1. The molecule has 26 heavy (non-hydrogen) atoms. The molecule has 1 aromatic rings. The van der Waals surface area contributed by atoms with E-state index in [1.807, 2.05) is 0 Å². The Morgan fingerprint density at radius 2 is 2.00 bits per heavy atom. The number of anilines is 1. The van der Waals surface area contributed by atoms with Gasteiger partial charge in [0.15, 0.2) is 0 Å². The molecule has 2 N–H and O–H groups in total. The van der Waals surface area contributed by atoms with Crippen LogP contribution < -0.4 is 10.6 Å². The number of ether oxygens (including phenoxy) is 1. The lowest BCUT2D eigenvalue weighted by Crippen LogP contribution is -2.54. The van der Waals surface area contributed by atoms with Gasteiger partial charge in [-0.15, -0.1) is 6.42 Å². The van der Waals surface area contributed by atoms with Crippen molar-refractivity contribution in [2.24, 2.45) is 0 Å². The number of nitrogens with zero attached hydrogens (tertiary/aromatic N) is 1. The first kappa shape index (κ1) is 17.6. The van der Waals surface area contributed by atoms with Crippen molar-refractivity contribution in [3.63, 3.8) is 0 Å². The van der Waals surface area contributed by atoms with Crippen molar-refractivity contribution in [1.82, 2.24) is 10.2 Å². The van der Waals surface area contributed by atoms with Crippen LogP contribution in [-0.2, 0) is 14.3 Å². The summed E-state index contributed by atoms with van der Waals surface area (Å²) in [5.74, 6) is 0.275. The Labute approximate surface area is 149 Å². The number of amides is 4. The molecule has 134 valence electrons. The SMILES string of the molecule is C#CCOCCNc1ccc2c(c1)C(=O)N(C1CCC(=O)NC1=O)C2=O. The van der Waals surface area contributed by atoms with E-state index in [1.165, 1.54) is 0 Å². The molecule has 1 aromatic carbocycles. The number of carbonyl (C=O) groups is 4. The van der Waals surface area contributed by atoms with E-state index in [1.54, 1.807) is 18.2 Å². The van der Waals surface area contributed by atoms with Crippen LogP contribution in [-0.4, -0.2) is 54.3 Å². The fourth-order valence-electron chi connectivity index (χ4n) is 2.98. The molecule has 0 aliphatic carbocycles. The van der Waals surface area contributed by atoms with Crippen LogP contribution in [0.2, 0.25) is 0 Å². The predicted molar refractivity (Wildman–Crippen MR) is 91.3 cm³/mol. The summed E-state index contributed by atoms with van der Waals surface area (Å²) in [6.07, 6.45) is 5.31. The summed E-state index contributed by atoms with van der Waals surface area (Å²) < 4.78 is 5.15. The van der Waals surface area contributed by atoms with Crippen molar-refractivity contribution in [2.45, 2.75) is 18.9 Å². The van der Waals surface area contributed by atoms with Crippen LogP contribution >= 0.6 is 0 Å². The fourth-order valence-corrected chi connectivity index (χ4v) is 2.98. The molecule has 2 aliphatic rings. The van der Waals surface area contributed by atoms with E-state index in [0.29, 0.717) is 18.8 Å². The minimum absolute atomic E-state index is 0.0915. The van der Waals surface area contributed by atoms with Crippen molar-refractivity contribution in [3.8, 4) is 12.3 Å². The smallest absolute Gasteiger partial charge is 0.262 e. The molecule has 8 nitrogen and oxygen atoms in total. The summed E-state index contributed by atoms with van der Waals surface area (Å²) in [6, 6.07) is 3.84. The maximum atomic E-state index is 12.7. The highest BCUT2D eigenvalue weighted by Gasteiger charge is 2.44. The van der Waals surface area contributed by atoms with Crippen molar-refractivity contribution in [3.05, 3.63) is 29.3 Å². The summed E-state index contributed by atoms with van der Waals surface area (Å²) >= 11 is 0. The molecular weight excluding hydrogens is 338 g/mol.